The summed E-state index contributed by atoms with van der Waals surface area (Å²) in [6, 6.07) is 23.2. The number of anilines is 1. The number of benzene rings is 3. The third kappa shape index (κ3) is 3.74. The molecule has 0 radical (unpaired) electrons. The molecule has 3 aromatic carbocycles. The summed E-state index contributed by atoms with van der Waals surface area (Å²) < 4.78 is 5.82. The summed E-state index contributed by atoms with van der Waals surface area (Å²) in [5.41, 5.74) is 3.73. The third-order valence-electron chi connectivity index (χ3n) is 4.74. The van der Waals surface area contributed by atoms with E-state index in [0.717, 1.165) is 28.2 Å². The average Bonchev–Trinajstić information content (AvgIpc) is 2.71. The van der Waals surface area contributed by atoms with Crippen LogP contribution >= 0.6 is 0 Å². The van der Waals surface area contributed by atoms with Crippen molar-refractivity contribution in [3.63, 3.8) is 0 Å². The molecule has 3 aromatic rings. The fourth-order valence-corrected chi connectivity index (χ4v) is 3.39. The Morgan fingerprint density at radius 1 is 0.893 bits per heavy atom. The largest absolute Gasteiger partial charge is 0.480 e. The summed E-state index contributed by atoms with van der Waals surface area (Å²) in [6.45, 7) is -0.309. The highest BCUT2D eigenvalue weighted by Gasteiger charge is 2.26. The van der Waals surface area contributed by atoms with Crippen molar-refractivity contribution in [3.05, 3.63) is 78.4 Å². The van der Waals surface area contributed by atoms with Gasteiger partial charge >= 0.3 is 5.97 Å². The Kier molecular flexibility index (Phi) is 4.81. The number of ether oxygens (including phenoxy) is 1. The van der Waals surface area contributed by atoms with Gasteiger partial charge in [0.15, 0.2) is 0 Å². The summed E-state index contributed by atoms with van der Waals surface area (Å²) in [6.07, 6.45) is 0.945. The SMILES string of the molecule is O=C(O)CN1C(=O)CCc2cc(-c3ccc(Oc4ccccc4)cc3)ccc21. The quantitative estimate of drug-likeness (QED) is 0.715. The highest BCUT2D eigenvalue weighted by molar-refractivity contribution is 6.00. The first-order valence-electron chi connectivity index (χ1n) is 9.08. The molecule has 4 rings (SSSR count). The van der Waals surface area contributed by atoms with E-state index in [2.05, 4.69) is 0 Å². The van der Waals surface area contributed by atoms with Crippen LogP contribution in [0.4, 0.5) is 5.69 Å². The lowest BCUT2D eigenvalue weighted by Gasteiger charge is -2.28. The Labute approximate surface area is 162 Å². The number of carboxylic acids is 1. The molecule has 0 bridgehead atoms. The first-order valence-corrected chi connectivity index (χ1v) is 9.08. The van der Waals surface area contributed by atoms with Crippen LogP contribution in [0, 0.1) is 0 Å². The van der Waals surface area contributed by atoms with Gasteiger partial charge in [0.25, 0.3) is 0 Å². The van der Waals surface area contributed by atoms with Gasteiger partial charge in [-0.3, -0.25) is 9.59 Å². The van der Waals surface area contributed by atoms with Gasteiger partial charge in [0, 0.05) is 12.1 Å². The van der Waals surface area contributed by atoms with Crippen LogP contribution in [-0.4, -0.2) is 23.5 Å². The molecule has 1 amide bonds. The third-order valence-corrected chi connectivity index (χ3v) is 4.74. The number of hydrogen-bond acceptors (Lipinski definition) is 3. The Balaban J connectivity index is 1.57. The number of aliphatic carboxylic acids is 1. The number of rotatable bonds is 5. The second-order valence-electron chi connectivity index (χ2n) is 6.66. The molecule has 0 aliphatic carbocycles. The van der Waals surface area contributed by atoms with Crippen LogP contribution in [0.3, 0.4) is 0 Å². The maximum atomic E-state index is 12.1. The molecule has 0 saturated heterocycles. The van der Waals surface area contributed by atoms with Gasteiger partial charge < -0.3 is 14.7 Å². The molecular weight excluding hydrogens is 354 g/mol. The van der Waals surface area contributed by atoms with Crippen molar-refractivity contribution in [2.45, 2.75) is 12.8 Å². The van der Waals surface area contributed by atoms with E-state index in [0.29, 0.717) is 18.5 Å². The predicted octanol–water partition coefficient (Wildman–Crippen LogP) is 4.51. The number of fused-ring (bicyclic) bond motifs is 1. The zero-order valence-electron chi connectivity index (χ0n) is 15.2. The summed E-state index contributed by atoms with van der Waals surface area (Å²) in [5, 5.41) is 9.07. The zero-order chi connectivity index (χ0) is 19.5. The van der Waals surface area contributed by atoms with Crippen LogP contribution in [-0.2, 0) is 16.0 Å². The first kappa shape index (κ1) is 17.8. The van der Waals surface area contributed by atoms with Crippen molar-refractivity contribution in [3.8, 4) is 22.6 Å². The molecule has 1 aliphatic heterocycles. The molecule has 0 fully saturated rings. The summed E-state index contributed by atoms with van der Waals surface area (Å²) in [5.74, 6) is 0.378. The highest BCUT2D eigenvalue weighted by atomic mass is 16.5. The van der Waals surface area contributed by atoms with E-state index < -0.39 is 5.97 Å². The minimum absolute atomic E-state index is 0.148. The normalized spacial score (nSPS) is 13.1. The number of aryl methyl sites for hydroxylation is 1. The van der Waals surface area contributed by atoms with Gasteiger partial charge in [-0.15, -0.1) is 0 Å². The second-order valence-corrected chi connectivity index (χ2v) is 6.66. The lowest BCUT2D eigenvalue weighted by atomic mass is 9.96. The molecule has 5 heteroatoms. The van der Waals surface area contributed by atoms with Gasteiger partial charge in [0.05, 0.1) is 0 Å². The molecule has 1 N–H and O–H groups in total. The maximum Gasteiger partial charge on any atom is 0.323 e. The van der Waals surface area contributed by atoms with Crippen LogP contribution in [0.2, 0.25) is 0 Å². The van der Waals surface area contributed by atoms with Crippen molar-refractivity contribution in [2.24, 2.45) is 0 Å². The first-order chi connectivity index (χ1) is 13.6. The topological polar surface area (TPSA) is 66.8 Å². The maximum absolute atomic E-state index is 12.1. The van der Waals surface area contributed by atoms with Gasteiger partial charge in [-0.05, 0) is 59.5 Å². The average molecular weight is 373 g/mol. The van der Waals surface area contributed by atoms with Crippen molar-refractivity contribution in [2.75, 3.05) is 11.4 Å². The molecule has 1 aliphatic rings. The molecule has 0 unspecified atom stereocenters. The van der Waals surface area contributed by atoms with E-state index in [1.165, 1.54) is 4.90 Å². The summed E-state index contributed by atoms with van der Waals surface area (Å²) in [4.78, 5) is 24.5. The molecule has 0 spiro atoms. The van der Waals surface area contributed by atoms with Crippen LogP contribution in [0.15, 0.2) is 72.8 Å². The van der Waals surface area contributed by atoms with Gasteiger partial charge in [-0.1, -0.05) is 36.4 Å². The summed E-state index contributed by atoms with van der Waals surface area (Å²) in [7, 11) is 0. The highest BCUT2D eigenvalue weighted by Crippen LogP contribution is 2.33. The Hall–Kier alpha value is -3.60. The Bertz CT molecular complexity index is 1010. The number of hydrogen-bond donors (Lipinski definition) is 1. The Morgan fingerprint density at radius 2 is 1.57 bits per heavy atom. The minimum atomic E-state index is -1.01. The van der Waals surface area contributed by atoms with Gasteiger partial charge in [-0.2, -0.15) is 0 Å². The van der Waals surface area contributed by atoms with Crippen LogP contribution in [0.5, 0.6) is 11.5 Å². The number of carboxylic acid groups (broad SMARTS) is 1. The van der Waals surface area contributed by atoms with Crippen LogP contribution in [0.25, 0.3) is 11.1 Å². The standard InChI is InChI=1S/C23H19NO4/c25-22-13-9-18-14-17(8-12-21(18)24(22)15-23(26)27)16-6-10-20(11-7-16)28-19-4-2-1-3-5-19/h1-8,10-12,14H,9,13,15H2,(H,26,27). The molecule has 28 heavy (non-hydrogen) atoms. The van der Waals surface area contributed by atoms with Gasteiger partial charge in [0.1, 0.15) is 18.0 Å². The predicted molar refractivity (Wildman–Crippen MR) is 107 cm³/mol. The number of carbonyl (C=O) groups excluding carboxylic acids is 1. The van der Waals surface area contributed by atoms with Crippen molar-refractivity contribution >= 4 is 17.6 Å². The molecule has 140 valence electrons. The lowest BCUT2D eigenvalue weighted by molar-refractivity contribution is -0.136. The number of carbonyl (C=O) groups is 2. The molecule has 5 nitrogen and oxygen atoms in total. The van der Waals surface area contributed by atoms with E-state index >= 15 is 0 Å². The zero-order valence-corrected chi connectivity index (χ0v) is 15.2. The van der Waals surface area contributed by atoms with E-state index in [1.807, 2.05) is 72.8 Å². The molecular formula is C23H19NO4. The molecule has 0 saturated carbocycles. The van der Waals surface area contributed by atoms with Crippen LogP contribution in [0.1, 0.15) is 12.0 Å². The minimum Gasteiger partial charge on any atom is -0.480 e. The van der Waals surface area contributed by atoms with Crippen molar-refractivity contribution in [1.29, 1.82) is 0 Å². The van der Waals surface area contributed by atoms with Crippen molar-refractivity contribution < 1.29 is 19.4 Å². The van der Waals surface area contributed by atoms with E-state index in [-0.39, 0.29) is 12.5 Å². The fraction of sp³-hybridized carbons (Fsp3) is 0.130. The molecule has 0 atom stereocenters. The number of para-hydroxylation sites is 1. The monoisotopic (exact) mass is 373 g/mol. The lowest BCUT2D eigenvalue weighted by Crippen LogP contribution is -2.38. The van der Waals surface area contributed by atoms with E-state index in [4.69, 9.17) is 9.84 Å². The number of amides is 1. The van der Waals surface area contributed by atoms with E-state index in [1.54, 1.807) is 0 Å². The summed E-state index contributed by atoms with van der Waals surface area (Å²) >= 11 is 0. The van der Waals surface area contributed by atoms with E-state index in [9.17, 15) is 9.59 Å². The molecule has 0 aromatic heterocycles. The molecule has 1 heterocycles. The van der Waals surface area contributed by atoms with Crippen LogP contribution < -0.4 is 9.64 Å². The van der Waals surface area contributed by atoms with Gasteiger partial charge in [-0.25, -0.2) is 0 Å². The van der Waals surface area contributed by atoms with Gasteiger partial charge in [0.2, 0.25) is 5.91 Å². The second kappa shape index (κ2) is 7.56. The Morgan fingerprint density at radius 3 is 2.29 bits per heavy atom. The smallest absolute Gasteiger partial charge is 0.323 e. The fourth-order valence-electron chi connectivity index (χ4n) is 3.39. The van der Waals surface area contributed by atoms with Crippen molar-refractivity contribution in [1.82, 2.24) is 0 Å². The number of nitrogens with zero attached hydrogens (tertiary/aromatic N) is 1.